The summed E-state index contributed by atoms with van der Waals surface area (Å²) < 4.78 is 0. The highest BCUT2D eigenvalue weighted by atomic mass is 32.1. The Bertz CT molecular complexity index is 1240. The fourth-order valence-corrected chi connectivity index (χ4v) is 6.51. The van der Waals surface area contributed by atoms with E-state index in [-0.39, 0.29) is 23.9 Å². The van der Waals surface area contributed by atoms with Gasteiger partial charge in [-0.25, -0.2) is 0 Å². The number of nitrogens with zero attached hydrogens (tertiary/aromatic N) is 3. The normalized spacial score (nSPS) is 20.3. The molecule has 0 spiro atoms. The van der Waals surface area contributed by atoms with Crippen molar-refractivity contribution in [2.24, 2.45) is 0 Å². The van der Waals surface area contributed by atoms with Gasteiger partial charge in [-0.2, -0.15) is 0 Å². The topological polar surface area (TPSA) is 43.9 Å². The Balaban J connectivity index is 1.27. The zero-order valence-electron chi connectivity index (χ0n) is 21.4. The van der Waals surface area contributed by atoms with E-state index in [1.165, 1.54) is 27.1 Å². The lowest BCUT2D eigenvalue weighted by Crippen LogP contribution is -2.57. The molecule has 0 N–H and O–H groups in total. The van der Waals surface area contributed by atoms with Crippen LogP contribution >= 0.6 is 11.3 Å². The number of rotatable bonds is 5. The van der Waals surface area contributed by atoms with E-state index in [1.54, 1.807) is 0 Å². The molecule has 3 heterocycles. The second-order valence-electron chi connectivity index (χ2n) is 10.0. The molecule has 1 fully saturated rings. The first-order valence-electron chi connectivity index (χ1n) is 13.0. The van der Waals surface area contributed by atoms with Crippen molar-refractivity contribution in [3.63, 3.8) is 0 Å². The Labute approximate surface area is 218 Å². The van der Waals surface area contributed by atoms with E-state index in [0.29, 0.717) is 26.2 Å². The molecule has 2 unspecified atom stereocenters. The summed E-state index contributed by atoms with van der Waals surface area (Å²) in [4.78, 5) is 34.3. The van der Waals surface area contributed by atoms with Crippen molar-refractivity contribution in [3.05, 3.63) is 92.7 Å². The number of hydrogen-bond donors (Lipinski definition) is 0. The molecule has 0 radical (unpaired) electrons. The maximum atomic E-state index is 13.5. The van der Waals surface area contributed by atoms with E-state index in [2.05, 4.69) is 54.5 Å². The molecule has 6 heteroatoms. The average molecular weight is 502 g/mol. The quantitative estimate of drug-likeness (QED) is 0.498. The predicted molar refractivity (Wildman–Crippen MR) is 146 cm³/mol. The number of carbonyl (C=O) groups excluding carboxylic acids is 2. The van der Waals surface area contributed by atoms with E-state index in [9.17, 15) is 9.59 Å². The number of fused-ring (bicyclic) bond motifs is 1. The van der Waals surface area contributed by atoms with Crippen molar-refractivity contribution in [2.75, 3.05) is 32.7 Å². The predicted octanol–water partition coefficient (Wildman–Crippen LogP) is 4.94. The highest BCUT2D eigenvalue weighted by Gasteiger charge is 2.35. The number of aryl methyl sites for hydroxylation is 2. The second kappa shape index (κ2) is 10.6. The molecule has 2 amide bonds. The van der Waals surface area contributed by atoms with Crippen molar-refractivity contribution in [2.45, 2.75) is 45.7 Å². The van der Waals surface area contributed by atoms with E-state index in [0.717, 1.165) is 24.9 Å². The van der Waals surface area contributed by atoms with Gasteiger partial charge < -0.3 is 9.80 Å². The summed E-state index contributed by atoms with van der Waals surface area (Å²) in [6.07, 6.45) is 1.94. The lowest BCUT2D eigenvalue weighted by atomic mass is 9.90. The highest BCUT2D eigenvalue weighted by molar-refractivity contribution is 7.10. The van der Waals surface area contributed by atoms with Crippen molar-refractivity contribution in [3.8, 4) is 0 Å². The summed E-state index contributed by atoms with van der Waals surface area (Å²) in [5.41, 5.74) is 5.83. The van der Waals surface area contributed by atoms with Gasteiger partial charge in [0.15, 0.2) is 0 Å². The van der Waals surface area contributed by atoms with Gasteiger partial charge in [0.1, 0.15) is 0 Å². The first-order chi connectivity index (χ1) is 17.5. The molecule has 2 atom stereocenters. The van der Waals surface area contributed by atoms with Crippen LogP contribution in [0.15, 0.2) is 60.0 Å². The first kappa shape index (κ1) is 24.7. The van der Waals surface area contributed by atoms with Crippen molar-refractivity contribution in [1.82, 2.24) is 14.7 Å². The van der Waals surface area contributed by atoms with Crippen LogP contribution in [-0.4, -0.2) is 65.3 Å². The molecule has 2 aliphatic heterocycles. The van der Waals surface area contributed by atoms with Crippen LogP contribution in [0, 0.1) is 6.92 Å². The maximum absolute atomic E-state index is 13.5. The summed E-state index contributed by atoms with van der Waals surface area (Å²) in [5.74, 6) is 0.205. The van der Waals surface area contributed by atoms with Gasteiger partial charge in [-0.05, 0) is 72.5 Å². The van der Waals surface area contributed by atoms with Crippen molar-refractivity contribution >= 4 is 23.2 Å². The number of carbonyl (C=O) groups is 2. The summed E-state index contributed by atoms with van der Waals surface area (Å²) in [5, 5.41) is 2.18. The van der Waals surface area contributed by atoms with Gasteiger partial charge in [-0.1, -0.05) is 43.3 Å². The van der Waals surface area contributed by atoms with Crippen LogP contribution in [-0.2, 0) is 17.6 Å². The summed E-state index contributed by atoms with van der Waals surface area (Å²) in [7, 11) is 0. The molecule has 1 saturated heterocycles. The van der Waals surface area contributed by atoms with Crippen LogP contribution in [0.25, 0.3) is 0 Å². The molecular weight excluding hydrogens is 466 g/mol. The van der Waals surface area contributed by atoms with Gasteiger partial charge >= 0.3 is 0 Å². The minimum Gasteiger partial charge on any atom is -0.338 e. The zero-order valence-corrected chi connectivity index (χ0v) is 22.3. The Kier molecular flexibility index (Phi) is 7.26. The Morgan fingerprint density at radius 1 is 0.972 bits per heavy atom. The fourth-order valence-electron chi connectivity index (χ4n) is 5.60. The fraction of sp³-hybridized carbons (Fsp3) is 0.400. The van der Waals surface area contributed by atoms with Gasteiger partial charge in [0, 0.05) is 42.7 Å². The molecule has 1 aromatic heterocycles. The van der Waals surface area contributed by atoms with E-state index in [4.69, 9.17) is 0 Å². The summed E-state index contributed by atoms with van der Waals surface area (Å²) >= 11 is 1.82. The van der Waals surface area contributed by atoms with E-state index >= 15 is 0 Å². The molecule has 188 valence electrons. The highest BCUT2D eigenvalue weighted by Crippen LogP contribution is 2.38. The Hall–Kier alpha value is -2.96. The molecule has 0 aliphatic carbocycles. The van der Waals surface area contributed by atoms with Crippen LogP contribution in [0.2, 0.25) is 0 Å². The smallest absolute Gasteiger partial charge is 0.254 e. The second-order valence-corrected chi connectivity index (χ2v) is 11.0. The molecule has 5 nitrogen and oxygen atoms in total. The molecule has 2 aliphatic rings. The van der Waals surface area contributed by atoms with Gasteiger partial charge in [0.05, 0.1) is 12.6 Å². The molecule has 3 aromatic rings. The van der Waals surface area contributed by atoms with Gasteiger partial charge in [0.25, 0.3) is 5.91 Å². The zero-order chi connectivity index (χ0) is 25.2. The van der Waals surface area contributed by atoms with Crippen LogP contribution in [0.3, 0.4) is 0 Å². The van der Waals surface area contributed by atoms with Crippen molar-refractivity contribution < 1.29 is 9.59 Å². The van der Waals surface area contributed by atoms with Crippen LogP contribution in [0.5, 0.6) is 0 Å². The number of amides is 2. The minimum atomic E-state index is -0.0157. The third-order valence-electron chi connectivity index (χ3n) is 7.74. The number of benzene rings is 2. The number of piperazine rings is 1. The Morgan fingerprint density at radius 3 is 2.47 bits per heavy atom. The molecule has 0 saturated carbocycles. The Morgan fingerprint density at radius 2 is 1.75 bits per heavy atom. The first-order valence-corrected chi connectivity index (χ1v) is 13.9. The molecule has 36 heavy (non-hydrogen) atoms. The third-order valence-corrected chi connectivity index (χ3v) is 8.73. The van der Waals surface area contributed by atoms with Crippen molar-refractivity contribution in [1.29, 1.82) is 0 Å². The van der Waals surface area contributed by atoms with Crippen LogP contribution < -0.4 is 0 Å². The summed E-state index contributed by atoms with van der Waals surface area (Å²) in [6, 6.07) is 18.7. The molecule has 0 bridgehead atoms. The van der Waals surface area contributed by atoms with Gasteiger partial charge in [0.2, 0.25) is 5.91 Å². The summed E-state index contributed by atoms with van der Waals surface area (Å²) in [6.45, 7) is 9.31. The van der Waals surface area contributed by atoms with E-state index in [1.807, 2.05) is 52.3 Å². The standard InChI is InChI=1S/C30H35N3O2S/c1-4-23-9-11-24(12-10-23)30(35)33-17-16-31(19-22(33)3)28(34)20-32-15-13-27-26(14-18-36-27)29(32)25-8-6-5-7-21(25)2/h5-12,14,18,22,29H,4,13,15-17,19-20H2,1-3H3. The maximum Gasteiger partial charge on any atom is 0.254 e. The van der Waals surface area contributed by atoms with Gasteiger partial charge in [-0.15, -0.1) is 11.3 Å². The number of thiophene rings is 1. The molecule has 5 rings (SSSR count). The van der Waals surface area contributed by atoms with Crippen LogP contribution in [0.1, 0.15) is 57.4 Å². The average Bonchev–Trinajstić information content (AvgIpc) is 3.38. The SMILES string of the molecule is CCc1ccc(C(=O)N2CCN(C(=O)CN3CCc4sccc4C3c3ccccc3C)CC2C)cc1. The molecule has 2 aromatic carbocycles. The number of hydrogen-bond acceptors (Lipinski definition) is 4. The van der Waals surface area contributed by atoms with Gasteiger partial charge in [-0.3, -0.25) is 14.5 Å². The third kappa shape index (κ3) is 4.84. The molecular formula is C30H35N3O2S. The largest absolute Gasteiger partial charge is 0.338 e. The lowest BCUT2D eigenvalue weighted by Gasteiger charge is -2.42. The monoisotopic (exact) mass is 501 g/mol. The minimum absolute atomic E-state index is 0.0157. The van der Waals surface area contributed by atoms with E-state index < -0.39 is 0 Å². The van der Waals surface area contributed by atoms with Crippen LogP contribution in [0.4, 0.5) is 0 Å². The lowest BCUT2D eigenvalue weighted by molar-refractivity contribution is -0.135.